The van der Waals surface area contributed by atoms with Crippen LogP contribution in [0.1, 0.15) is 39.5 Å². The van der Waals surface area contributed by atoms with E-state index >= 15 is 0 Å². The molecule has 1 heterocycles. The van der Waals surface area contributed by atoms with E-state index in [1.165, 1.54) is 38.0 Å². The first-order chi connectivity index (χ1) is 9.76. The Hall–Kier alpha value is -0.420. The van der Waals surface area contributed by atoms with Crippen LogP contribution >= 0.6 is 11.8 Å². The smallest absolute Gasteiger partial charge is 0.191 e. The minimum Gasteiger partial charge on any atom is -0.357 e. The van der Waals surface area contributed by atoms with Crippen LogP contribution in [0.15, 0.2) is 4.99 Å². The number of aliphatic imine (C=N–C) groups is 1. The number of hydrogen-bond acceptors (Lipinski definition) is 3. The Kier molecular flexibility index (Phi) is 9.93. The molecule has 0 bridgehead atoms. The van der Waals surface area contributed by atoms with Crippen LogP contribution in [0.2, 0.25) is 0 Å². The standard InChI is InChI=1S/C15H32N4S/c1-4-6-10-19(3)11-9-17-15(16-5-2)18-13-14-8-7-12-20-14/h14H,4-13H2,1-3H3,(H2,16,17,18). The summed E-state index contributed by atoms with van der Waals surface area (Å²) >= 11 is 2.07. The largest absolute Gasteiger partial charge is 0.357 e. The van der Waals surface area contributed by atoms with Gasteiger partial charge in [-0.25, -0.2) is 0 Å². The van der Waals surface area contributed by atoms with Gasteiger partial charge in [-0.05, 0) is 45.5 Å². The van der Waals surface area contributed by atoms with Crippen LogP contribution in [-0.2, 0) is 0 Å². The monoisotopic (exact) mass is 300 g/mol. The van der Waals surface area contributed by atoms with Crippen molar-refractivity contribution in [1.82, 2.24) is 15.5 Å². The summed E-state index contributed by atoms with van der Waals surface area (Å²) in [6.45, 7) is 9.45. The van der Waals surface area contributed by atoms with Gasteiger partial charge < -0.3 is 15.5 Å². The molecule has 0 amide bonds. The van der Waals surface area contributed by atoms with Crippen molar-refractivity contribution in [3.8, 4) is 0 Å². The van der Waals surface area contributed by atoms with Gasteiger partial charge >= 0.3 is 0 Å². The summed E-state index contributed by atoms with van der Waals surface area (Å²) in [6, 6.07) is 0. The van der Waals surface area contributed by atoms with Gasteiger partial charge in [0.05, 0.1) is 6.54 Å². The molecule has 118 valence electrons. The Labute approximate surface area is 129 Å². The highest BCUT2D eigenvalue weighted by atomic mass is 32.2. The highest BCUT2D eigenvalue weighted by Gasteiger charge is 2.14. The van der Waals surface area contributed by atoms with E-state index < -0.39 is 0 Å². The van der Waals surface area contributed by atoms with E-state index in [9.17, 15) is 0 Å². The van der Waals surface area contributed by atoms with Crippen LogP contribution in [-0.4, -0.2) is 61.6 Å². The maximum atomic E-state index is 4.71. The average molecular weight is 301 g/mol. The summed E-state index contributed by atoms with van der Waals surface area (Å²) in [5.41, 5.74) is 0. The predicted molar refractivity (Wildman–Crippen MR) is 91.9 cm³/mol. The zero-order chi connectivity index (χ0) is 14.6. The summed E-state index contributed by atoms with van der Waals surface area (Å²) in [4.78, 5) is 7.09. The Morgan fingerprint density at radius 3 is 2.80 bits per heavy atom. The quantitative estimate of drug-likeness (QED) is 0.506. The molecule has 1 atom stereocenters. The molecule has 5 heteroatoms. The first-order valence-electron chi connectivity index (χ1n) is 8.08. The highest BCUT2D eigenvalue weighted by molar-refractivity contribution is 8.00. The van der Waals surface area contributed by atoms with E-state index in [0.29, 0.717) is 0 Å². The normalized spacial score (nSPS) is 19.6. The second kappa shape index (κ2) is 11.3. The fourth-order valence-electron chi connectivity index (χ4n) is 2.23. The molecule has 0 spiro atoms. The van der Waals surface area contributed by atoms with Gasteiger partial charge in [-0.2, -0.15) is 11.8 Å². The van der Waals surface area contributed by atoms with Gasteiger partial charge in [0.25, 0.3) is 0 Å². The Balaban J connectivity index is 2.21. The van der Waals surface area contributed by atoms with Gasteiger partial charge in [0.2, 0.25) is 0 Å². The second-order valence-corrected chi connectivity index (χ2v) is 6.85. The molecule has 0 radical (unpaired) electrons. The predicted octanol–water partition coefficient (Wildman–Crippen LogP) is 2.17. The average Bonchev–Trinajstić information content (AvgIpc) is 2.95. The third kappa shape index (κ3) is 8.00. The Morgan fingerprint density at radius 2 is 2.15 bits per heavy atom. The molecular formula is C15H32N4S. The third-order valence-corrected chi connectivity index (χ3v) is 4.88. The summed E-state index contributed by atoms with van der Waals surface area (Å²) in [7, 11) is 2.19. The van der Waals surface area contributed by atoms with Crippen LogP contribution in [0.3, 0.4) is 0 Å². The molecule has 1 fully saturated rings. The van der Waals surface area contributed by atoms with Crippen molar-refractivity contribution in [2.24, 2.45) is 4.99 Å². The molecule has 2 N–H and O–H groups in total. The molecule has 1 unspecified atom stereocenters. The van der Waals surface area contributed by atoms with E-state index in [4.69, 9.17) is 4.99 Å². The lowest BCUT2D eigenvalue weighted by molar-refractivity contribution is 0.332. The fraction of sp³-hybridized carbons (Fsp3) is 0.933. The number of thioether (sulfide) groups is 1. The molecule has 1 aliphatic rings. The van der Waals surface area contributed by atoms with Gasteiger partial charge in [-0.15, -0.1) is 0 Å². The van der Waals surface area contributed by atoms with Gasteiger partial charge in [0, 0.05) is 24.9 Å². The maximum absolute atomic E-state index is 4.71. The fourth-order valence-corrected chi connectivity index (χ4v) is 3.41. The van der Waals surface area contributed by atoms with Crippen LogP contribution < -0.4 is 10.6 Å². The first kappa shape index (κ1) is 17.6. The van der Waals surface area contributed by atoms with Crippen LogP contribution in [0.25, 0.3) is 0 Å². The van der Waals surface area contributed by atoms with Gasteiger partial charge in [0.1, 0.15) is 0 Å². The zero-order valence-corrected chi connectivity index (χ0v) is 14.3. The second-order valence-electron chi connectivity index (χ2n) is 5.44. The first-order valence-corrected chi connectivity index (χ1v) is 9.13. The van der Waals surface area contributed by atoms with E-state index in [0.717, 1.165) is 37.4 Å². The van der Waals surface area contributed by atoms with E-state index in [1.807, 2.05) is 0 Å². The Bertz CT molecular complexity index is 265. The van der Waals surface area contributed by atoms with E-state index in [1.54, 1.807) is 0 Å². The van der Waals surface area contributed by atoms with Crippen LogP contribution in [0.5, 0.6) is 0 Å². The molecule has 0 saturated carbocycles. The number of likely N-dealkylation sites (N-methyl/N-ethyl adjacent to an activating group) is 1. The summed E-state index contributed by atoms with van der Waals surface area (Å²) < 4.78 is 0. The van der Waals surface area contributed by atoms with Crippen molar-refractivity contribution >= 4 is 17.7 Å². The van der Waals surface area contributed by atoms with Crippen molar-refractivity contribution < 1.29 is 0 Å². The summed E-state index contributed by atoms with van der Waals surface area (Å²) in [5, 5.41) is 7.51. The number of guanidine groups is 1. The lowest BCUT2D eigenvalue weighted by Crippen LogP contribution is -2.41. The number of nitrogens with one attached hydrogen (secondary N) is 2. The molecule has 20 heavy (non-hydrogen) atoms. The highest BCUT2D eigenvalue weighted by Crippen LogP contribution is 2.25. The maximum Gasteiger partial charge on any atom is 0.191 e. The van der Waals surface area contributed by atoms with E-state index in [-0.39, 0.29) is 0 Å². The topological polar surface area (TPSA) is 39.7 Å². The molecular weight excluding hydrogens is 268 g/mol. The molecule has 1 saturated heterocycles. The van der Waals surface area contributed by atoms with Crippen molar-refractivity contribution in [3.05, 3.63) is 0 Å². The molecule has 0 aromatic heterocycles. The summed E-state index contributed by atoms with van der Waals surface area (Å²) in [5.74, 6) is 2.29. The Morgan fingerprint density at radius 1 is 1.30 bits per heavy atom. The number of nitrogens with zero attached hydrogens (tertiary/aromatic N) is 2. The molecule has 0 aromatic rings. The van der Waals surface area contributed by atoms with Crippen molar-refractivity contribution in [3.63, 3.8) is 0 Å². The number of unbranched alkanes of at least 4 members (excludes halogenated alkanes) is 1. The lowest BCUT2D eigenvalue weighted by atomic mass is 10.2. The van der Waals surface area contributed by atoms with E-state index in [2.05, 4.69) is 48.2 Å². The van der Waals surface area contributed by atoms with Crippen LogP contribution in [0.4, 0.5) is 0 Å². The third-order valence-electron chi connectivity index (χ3n) is 3.50. The number of rotatable bonds is 9. The van der Waals surface area contributed by atoms with Gasteiger partial charge in [-0.3, -0.25) is 4.99 Å². The van der Waals surface area contributed by atoms with Crippen molar-refractivity contribution in [2.45, 2.75) is 44.8 Å². The van der Waals surface area contributed by atoms with Crippen molar-refractivity contribution in [1.29, 1.82) is 0 Å². The lowest BCUT2D eigenvalue weighted by Gasteiger charge is -2.18. The van der Waals surface area contributed by atoms with Crippen LogP contribution in [0, 0.1) is 0 Å². The molecule has 0 aliphatic carbocycles. The van der Waals surface area contributed by atoms with Gasteiger partial charge in [0.15, 0.2) is 5.96 Å². The molecule has 4 nitrogen and oxygen atoms in total. The minimum absolute atomic E-state index is 0.734. The number of hydrogen-bond donors (Lipinski definition) is 2. The molecule has 1 aliphatic heterocycles. The minimum atomic E-state index is 0.734. The molecule has 0 aromatic carbocycles. The van der Waals surface area contributed by atoms with Crippen molar-refractivity contribution in [2.75, 3.05) is 45.5 Å². The van der Waals surface area contributed by atoms with Gasteiger partial charge in [-0.1, -0.05) is 13.3 Å². The molecule has 1 rings (SSSR count). The SMILES string of the molecule is CCCCN(C)CCNC(=NCC1CCCS1)NCC. The summed E-state index contributed by atoms with van der Waals surface area (Å²) in [6.07, 6.45) is 5.23. The zero-order valence-electron chi connectivity index (χ0n) is 13.5.